The quantitative estimate of drug-likeness (QED) is 0.824. The number of hydrogen-bond acceptors (Lipinski definition) is 4. The molecule has 1 aromatic carbocycles. The summed E-state index contributed by atoms with van der Waals surface area (Å²) in [6.07, 6.45) is 1.57. The number of carbonyl (C=O) groups is 2. The zero-order valence-corrected chi connectivity index (χ0v) is 15.7. The normalized spacial score (nSPS) is 10.5. The molecule has 1 aromatic heterocycles. The van der Waals surface area contributed by atoms with Crippen molar-refractivity contribution in [1.29, 1.82) is 0 Å². The van der Waals surface area contributed by atoms with E-state index < -0.39 is 0 Å². The van der Waals surface area contributed by atoms with Crippen LogP contribution in [-0.2, 0) is 0 Å². The monoisotopic (exact) mass is 355 g/mol. The fourth-order valence-electron chi connectivity index (χ4n) is 2.47. The van der Waals surface area contributed by atoms with E-state index in [0.29, 0.717) is 24.3 Å². The Balaban J connectivity index is 2.10. The Morgan fingerprint density at radius 2 is 1.77 bits per heavy atom. The molecule has 0 saturated heterocycles. The summed E-state index contributed by atoms with van der Waals surface area (Å²) in [6.45, 7) is 8.97. The van der Waals surface area contributed by atoms with Crippen molar-refractivity contribution in [2.45, 2.75) is 33.8 Å². The van der Waals surface area contributed by atoms with Crippen molar-refractivity contribution in [1.82, 2.24) is 9.88 Å². The lowest BCUT2D eigenvalue weighted by atomic mass is 10.2. The van der Waals surface area contributed by atoms with Crippen molar-refractivity contribution in [3.63, 3.8) is 0 Å². The predicted octanol–water partition coefficient (Wildman–Crippen LogP) is 3.60. The van der Waals surface area contributed by atoms with Gasteiger partial charge >= 0.3 is 0 Å². The first kappa shape index (κ1) is 19.4. The standard InChI is InChI=1S/C20H25N3O3/c1-5-23(6-2)20(25)15-11-12-21-18(13-15)19(24)22-16-7-9-17(10-8-16)26-14(3)4/h7-14H,5-6H2,1-4H3,(H,22,24). The summed E-state index contributed by atoms with van der Waals surface area (Å²) in [5.41, 5.74) is 1.29. The first-order chi connectivity index (χ1) is 12.4. The maximum Gasteiger partial charge on any atom is 0.274 e. The van der Waals surface area contributed by atoms with E-state index in [1.165, 1.54) is 12.3 Å². The van der Waals surface area contributed by atoms with Gasteiger partial charge in [-0.25, -0.2) is 0 Å². The van der Waals surface area contributed by atoms with Crippen molar-refractivity contribution < 1.29 is 14.3 Å². The number of aromatic nitrogens is 1. The van der Waals surface area contributed by atoms with Gasteiger partial charge in [-0.05, 0) is 64.1 Å². The van der Waals surface area contributed by atoms with Crippen molar-refractivity contribution in [2.24, 2.45) is 0 Å². The second-order valence-corrected chi connectivity index (χ2v) is 6.05. The zero-order chi connectivity index (χ0) is 19.1. The lowest BCUT2D eigenvalue weighted by molar-refractivity contribution is 0.0773. The molecule has 0 saturated carbocycles. The molecule has 2 rings (SSSR count). The maximum atomic E-state index is 12.4. The van der Waals surface area contributed by atoms with Gasteiger partial charge in [-0.3, -0.25) is 14.6 Å². The third-order valence-electron chi connectivity index (χ3n) is 3.77. The molecule has 1 N–H and O–H groups in total. The van der Waals surface area contributed by atoms with E-state index >= 15 is 0 Å². The Hall–Kier alpha value is -2.89. The van der Waals surface area contributed by atoms with Crippen molar-refractivity contribution >= 4 is 17.5 Å². The smallest absolute Gasteiger partial charge is 0.274 e. The van der Waals surface area contributed by atoms with Crippen LogP contribution in [0.2, 0.25) is 0 Å². The van der Waals surface area contributed by atoms with Crippen LogP contribution in [0.25, 0.3) is 0 Å². The average molecular weight is 355 g/mol. The topological polar surface area (TPSA) is 71.5 Å². The number of hydrogen-bond donors (Lipinski definition) is 1. The van der Waals surface area contributed by atoms with Gasteiger partial charge in [0.2, 0.25) is 0 Å². The summed E-state index contributed by atoms with van der Waals surface area (Å²) in [6, 6.07) is 10.3. The van der Waals surface area contributed by atoms with E-state index in [1.807, 2.05) is 27.7 Å². The molecule has 0 spiro atoms. The van der Waals surface area contributed by atoms with Crippen molar-refractivity contribution in [2.75, 3.05) is 18.4 Å². The highest BCUT2D eigenvalue weighted by atomic mass is 16.5. The molecule has 138 valence electrons. The minimum Gasteiger partial charge on any atom is -0.491 e. The Labute approximate surface area is 154 Å². The van der Waals surface area contributed by atoms with Crippen LogP contribution in [0, 0.1) is 0 Å². The van der Waals surface area contributed by atoms with Gasteiger partial charge in [0.25, 0.3) is 11.8 Å². The molecular formula is C20H25N3O3. The SMILES string of the molecule is CCN(CC)C(=O)c1ccnc(C(=O)Nc2ccc(OC(C)C)cc2)c1. The zero-order valence-electron chi connectivity index (χ0n) is 15.7. The van der Waals surface area contributed by atoms with Crippen LogP contribution in [-0.4, -0.2) is 40.9 Å². The number of carbonyl (C=O) groups excluding carboxylic acids is 2. The number of rotatable bonds is 7. The number of pyridine rings is 1. The van der Waals surface area contributed by atoms with Gasteiger partial charge in [0, 0.05) is 30.5 Å². The summed E-state index contributed by atoms with van der Waals surface area (Å²) in [4.78, 5) is 30.6. The Morgan fingerprint density at radius 3 is 2.35 bits per heavy atom. The van der Waals surface area contributed by atoms with E-state index in [-0.39, 0.29) is 23.6 Å². The lowest BCUT2D eigenvalue weighted by Gasteiger charge is -2.18. The fraction of sp³-hybridized carbons (Fsp3) is 0.350. The highest BCUT2D eigenvalue weighted by molar-refractivity contribution is 6.04. The third kappa shape index (κ3) is 5.05. The number of amides is 2. The van der Waals surface area contributed by atoms with Crippen LogP contribution in [0.15, 0.2) is 42.6 Å². The maximum absolute atomic E-state index is 12.4. The minimum absolute atomic E-state index is 0.0886. The van der Waals surface area contributed by atoms with Gasteiger partial charge in [-0.2, -0.15) is 0 Å². The molecule has 2 amide bonds. The van der Waals surface area contributed by atoms with E-state index in [9.17, 15) is 9.59 Å². The highest BCUT2D eigenvalue weighted by Gasteiger charge is 2.15. The van der Waals surface area contributed by atoms with E-state index in [1.54, 1.807) is 35.2 Å². The summed E-state index contributed by atoms with van der Waals surface area (Å²) in [7, 11) is 0. The summed E-state index contributed by atoms with van der Waals surface area (Å²) < 4.78 is 5.58. The summed E-state index contributed by atoms with van der Waals surface area (Å²) in [5, 5.41) is 2.78. The molecule has 0 radical (unpaired) electrons. The van der Waals surface area contributed by atoms with Crippen LogP contribution in [0.1, 0.15) is 48.5 Å². The predicted molar refractivity (Wildman–Crippen MR) is 102 cm³/mol. The van der Waals surface area contributed by atoms with Gasteiger partial charge in [-0.15, -0.1) is 0 Å². The second-order valence-electron chi connectivity index (χ2n) is 6.05. The van der Waals surface area contributed by atoms with Crippen LogP contribution in [0.4, 0.5) is 5.69 Å². The van der Waals surface area contributed by atoms with Crippen LogP contribution < -0.4 is 10.1 Å². The summed E-state index contributed by atoms with van der Waals surface area (Å²) >= 11 is 0. The number of benzene rings is 1. The molecule has 6 heteroatoms. The Morgan fingerprint density at radius 1 is 1.12 bits per heavy atom. The van der Waals surface area contributed by atoms with Crippen LogP contribution in [0.3, 0.4) is 0 Å². The molecule has 0 aliphatic rings. The van der Waals surface area contributed by atoms with Gasteiger partial charge in [0.15, 0.2) is 0 Å². The number of nitrogens with zero attached hydrogens (tertiary/aromatic N) is 2. The lowest BCUT2D eigenvalue weighted by Crippen LogP contribution is -2.30. The van der Waals surface area contributed by atoms with Crippen molar-refractivity contribution in [3.8, 4) is 5.75 Å². The van der Waals surface area contributed by atoms with Gasteiger partial charge < -0.3 is 15.0 Å². The van der Waals surface area contributed by atoms with Gasteiger partial charge in [-0.1, -0.05) is 0 Å². The number of anilines is 1. The molecule has 1 heterocycles. The highest BCUT2D eigenvalue weighted by Crippen LogP contribution is 2.17. The third-order valence-corrected chi connectivity index (χ3v) is 3.77. The molecule has 0 bridgehead atoms. The molecule has 0 aliphatic heterocycles. The van der Waals surface area contributed by atoms with Crippen LogP contribution >= 0.6 is 0 Å². The van der Waals surface area contributed by atoms with Gasteiger partial charge in [0.05, 0.1) is 6.10 Å². The van der Waals surface area contributed by atoms with Crippen LogP contribution in [0.5, 0.6) is 5.75 Å². The van der Waals surface area contributed by atoms with E-state index in [2.05, 4.69) is 10.3 Å². The first-order valence-corrected chi connectivity index (χ1v) is 8.78. The molecule has 0 unspecified atom stereocenters. The van der Waals surface area contributed by atoms with E-state index in [0.717, 1.165) is 5.75 Å². The molecule has 0 fully saturated rings. The molecule has 26 heavy (non-hydrogen) atoms. The second kappa shape index (κ2) is 8.99. The van der Waals surface area contributed by atoms with Crippen molar-refractivity contribution in [3.05, 3.63) is 53.9 Å². The average Bonchev–Trinajstić information content (AvgIpc) is 2.64. The van der Waals surface area contributed by atoms with Gasteiger partial charge in [0.1, 0.15) is 11.4 Å². The number of ether oxygens (including phenoxy) is 1. The fourth-order valence-corrected chi connectivity index (χ4v) is 2.47. The molecule has 6 nitrogen and oxygen atoms in total. The Bertz CT molecular complexity index is 753. The minimum atomic E-state index is -0.364. The number of nitrogens with one attached hydrogen (secondary N) is 1. The molecule has 0 aliphatic carbocycles. The summed E-state index contributed by atoms with van der Waals surface area (Å²) in [5.74, 6) is 0.265. The molecule has 2 aromatic rings. The molecular weight excluding hydrogens is 330 g/mol. The first-order valence-electron chi connectivity index (χ1n) is 8.78. The largest absolute Gasteiger partial charge is 0.491 e. The molecule has 0 atom stereocenters. The van der Waals surface area contributed by atoms with E-state index in [4.69, 9.17) is 4.74 Å². The Kier molecular flexibility index (Phi) is 6.72.